The minimum Gasteiger partial charge on any atom is -0.352 e. The molecule has 4 nitrogen and oxygen atoms in total. The van der Waals surface area contributed by atoms with E-state index in [9.17, 15) is 9.18 Å². The van der Waals surface area contributed by atoms with Crippen LogP contribution in [0.5, 0.6) is 0 Å². The third kappa shape index (κ3) is 5.66. The topological polar surface area (TPSA) is 46.9 Å². The van der Waals surface area contributed by atoms with E-state index in [1.165, 1.54) is 17.7 Å². The quantitative estimate of drug-likeness (QED) is 0.443. The molecule has 3 aromatic carbocycles. The van der Waals surface area contributed by atoms with Crippen LogP contribution in [0.1, 0.15) is 23.1 Å². The summed E-state index contributed by atoms with van der Waals surface area (Å²) >= 11 is 0. The Morgan fingerprint density at radius 1 is 0.903 bits per heavy atom. The number of hydrogen-bond donors (Lipinski definition) is 1. The van der Waals surface area contributed by atoms with E-state index in [0.717, 1.165) is 28.8 Å². The minimum absolute atomic E-state index is 0.0197. The fourth-order valence-electron chi connectivity index (χ4n) is 3.52. The highest BCUT2D eigenvalue weighted by Crippen LogP contribution is 2.24. The summed E-state index contributed by atoms with van der Waals surface area (Å²) in [5.74, 6) is -0.284. The first-order valence-electron chi connectivity index (χ1n) is 10.3. The number of nitrogens with zero attached hydrogens (tertiary/aromatic N) is 2. The molecular formula is C26H24FN3O. The summed E-state index contributed by atoms with van der Waals surface area (Å²) < 4.78 is 14.9. The fraction of sp³-hybridized carbons (Fsp3) is 0.154. The van der Waals surface area contributed by atoms with Crippen LogP contribution in [0.4, 0.5) is 4.39 Å². The largest absolute Gasteiger partial charge is 0.352 e. The van der Waals surface area contributed by atoms with Crippen LogP contribution in [-0.2, 0) is 24.3 Å². The lowest BCUT2D eigenvalue weighted by molar-refractivity contribution is -0.121. The van der Waals surface area contributed by atoms with Crippen LogP contribution in [0.2, 0.25) is 0 Å². The summed E-state index contributed by atoms with van der Waals surface area (Å²) in [6.07, 6.45) is 4.68. The van der Waals surface area contributed by atoms with Gasteiger partial charge in [0.15, 0.2) is 0 Å². The number of aryl methyl sites for hydroxylation is 1. The average Bonchev–Trinajstić information content (AvgIpc) is 3.31. The van der Waals surface area contributed by atoms with Gasteiger partial charge in [0, 0.05) is 25.4 Å². The van der Waals surface area contributed by atoms with Gasteiger partial charge in [-0.3, -0.25) is 9.48 Å². The number of amides is 1. The summed E-state index contributed by atoms with van der Waals surface area (Å²) in [5, 5.41) is 7.25. The third-order valence-electron chi connectivity index (χ3n) is 5.22. The van der Waals surface area contributed by atoms with Gasteiger partial charge in [0.1, 0.15) is 5.82 Å². The van der Waals surface area contributed by atoms with E-state index in [4.69, 9.17) is 0 Å². The number of hydrogen-bond acceptors (Lipinski definition) is 2. The summed E-state index contributed by atoms with van der Waals surface area (Å²) in [6, 6.07) is 24.7. The van der Waals surface area contributed by atoms with E-state index in [2.05, 4.69) is 40.7 Å². The van der Waals surface area contributed by atoms with E-state index in [1.54, 1.807) is 18.3 Å². The summed E-state index contributed by atoms with van der Waals surface area (Å²) in [4.78, 5) is 12.3. The van der Waals surface area contributed by atoms with Crippen molar-refractivity contribution in [2.75, 3.05) is 0 Å². The average molecular weight is 413 g/mol. The number of benzene rings is 3. The normalized spacial score (nSPS) is 10.7. The number of carbonyl (C=O) groups excluding carboxylic acids is 1. The van der Waals surface area contributed by atoms with Gasteiger partial charge in [0.2, 0.25) is 5.91 Å². The van der Waals surface area contributed by atoms with Gasteiger partial charge >= 0.3 is 0 Å². The predicted molar refractivity (Wildman–Crippen MR) is 120 cm³/mol. The van der Waals surface area contributed by atoms with E-state index in [-0.39, 0.29) is 11.7 Å². The maximum atomic E-state index is 13.0. The third-order valence-corrected chi connectivity index (χ3v) is 5.22. The van der Waals surface area contributed by atoms with Gasteiger partial charge < -0.3 is 5.32 Å². The molecule has 0 saturated heterocycles. The zero-order valence-electron chi connectivity index (χ0n) is 17.2. The molecule has 0 saturated carbocycles. The Morgan fingerprint density at radius 3 is 2.39 bits per heavy atom. The summed E-state index contributed by atoms with van der Waals surface area (Å²) in [5.41, 5.74) is 5.41. The van der Waals surface area contributed by atoms with Crippen molar-refractivity contribution in [3.8, 4) is 11.1 Å². The smallest absolute Gasteiger partial charge is 0.220 e. The van der Waals surface area contributed by atoms with Crippen LogP contribution < -0.4 is 5.32 Å². The van der Waals surface area contributed by atoms with Crippen molar-refractivity contribution in [1.29, 1.82) is 0 Å². The molecule has 0 aliphatic carbocycles. The Hall–Kier alpha value is -3.73. The number of halogens is 1. The highest BCUT2D eigenvalue weighted by molar-refractivity contribution is 5.77. The molecule has 1 N–H and O–H groups in total. The summed E-state index contributed by atoms with van der Waals surface area (Å²) in [6.45, 7) is 1.20. The van der Waals surface area contributed by atoms with Gasteiger partial charge in [-0.1, -0.05) is 60.7 Å². The Bertz CT molecular complexity index is 1120. The Balaban J connectivity index is 1.36. The minimum atomic E-state index is -0.265. The lowest BCUT2D eigenvalue weighted by Gasteiger charge is -2.12. The first kappa shape index (κ1) is 20.5. The molecule has 4 rings (SSSR count). The molecule has 4 aromatic rings. The molecule has 1 heterocycles. The molecule has 0 atom stereocenters. The lowest BCUT2D eigenvalue weighted by Crippen LogP contribution is -2.23. The Morgan fingerprint density at radius 2 is 1.65 bits per heavy atom. The first-order valence-corrected chi connectivity index (χ1v) is 10.3. The van der Waals surface area contributed by atoms with Crippen LogP contribution >= 0.6 is 0 Å². The number of rotatable bonds is 8. The highest BCUT2D eigenvalue weighted by atomic mass is 19.1. The molecule has 0 spiro atoms. The van der Waals surface area contributed by atoms with Crippen molar-refractivity contribution >= 4 is 5.91 Å². The SMILES string of the molecule is O=C(CCc1ccc(F)cc1)NCc1ccccc1-c1ccc(Cn2cccn2)cc1. The monoisotopic (exact) mass is 413 g/mol. The zero-order valence-corrected chi connectivity index (χ0v) is 17.2. The molecule has 1 amide bonds. The molecular weight excluding hydrogens is 389 g/mol. The molecule has 156 valence electrons. The van der Waals surface area contributed by atoms with Crippen LogP contribution in [0.3, 0.4) is 0 Å². The maximum absolute atomic E-state index is 13.0. The molecule has 0 bridgehead atoms. The molecule has 0 unspecified atom stereocenters. The number of carbonyl (C=O) groups is 1. The van der Waals surface area contributed by atoms with E-state index in [1.807, 2.05) is 35.1 Å². The van der Waals surface area contributed by atoms with Gasteiger partial charge in [0.25, 0.3) is 0 Å². The van der Waals surface area contributed by atoms with Crippen molar-refractivity contribution < 1.29 is 9.18 Å². The van der Waals surface area contributed by atoms with Gasteiger partial charge in [-0.15, -0.1) is 0 Å². The second-order valence-corrected chi connectivity index (χ2v) is 7.46. The van der Waals surface area contributed by atoms with Gasteiger partial charge in [-0.2, -0.15) is 5.10 Å². The van der Waals surface area contributed by atoms with E-state index in [0.29, 0.717) is 19.4 Å². The molecule has 0 aliphatic rings. The molecule has 1 aromatic heterocycles. The summed E-state index contributed by atoms with van der Waals surface area (Å²) in [7, 11) is 0. The second-order valence-electron chi connectivity index (χ2n) is 7.46. The zero-order chi connectivity index (χ0) is 21.5. The first-order chi connectivity index (χ1) is 15.2. The molecule has 0 aliphatic heterocycles. The fourth-order valence-corrected chi connectivity index (χ4v) is 3.52. The van der Waals surface area contributed by atoms with Crippen molar-refractivity contribution in [3.63, 3.8) is 0 Å². The number of nitrogens with one attached hydrogen (secondary N) is 1. The predicted octanol–water partition coefficient (Wildman–Crippen LogP) is 4.99. The van der Waals surface area contributed by atoms with Crippen LogP contribution in [-0.4, -0.2) is 15.7 Å². The van der Waals surface area contributed by atoms with Crippen LogP contribution in [0.25, 0.3) is 11.1 Å². The van der Waals surface area contributed by atoms with E-state index < -0.39 is 0 Å². The second kappa shape index (κ2) is 9.85. The molecule has 5 heteroatoms. The van der Waals surface area contributed by atoms with Crippen molar-refractivity contribution in [3.05, 3.63) is 114 Å². The van der Waals surface area contributed by atoms with Crippen LogP contribution in [0, 0.1) is 5.82 Å². The number of aromatic nitrogens is 2. The lowest BCUT2D eigenvalue weighted by atomic mass is 9.98. The highest BCUT2D eigenvalue weighted by Gasteiger charge is 2.08. The van der Waals surface area contributed by atoms with Gasteiger partial charge in [-0.05, 0) is 52.4 Å². The van der Waals surface area contributed by atoms with Gasteiger partial charge in [0.05, 0.1) is 6.54 Å². The maximum Gasteiger partial charge on any atom is 0.220 e. The molecule has 31 heavy (non-hydrogen) atoms. The Kier molecular flexibility index (Phi) is 6.53. The molecule has 0 radical (unpaired) electrons. The van der Waals surface area contributed by atoms with E-state index >= 15 is 0 Å². The van der Waals surface area contributed by atoms with Crippen molar-refractivity contribution in [2.45, 2.75) is 25.9 Å². The van der Waals surface area contributed by atoms with Crippen molar-refractivity contribution in [2.24, 2.45) is 0 Å². The van der Waals surface area contributed by atoms with Crippen LogP contribution in [0.15, 0.2) is 91.3 Å². The Labute approximate surface area is 181 Å². The molecule has 0 fully saturated rings. The van der Waals surface area contributed by atoms with Crippen molar-refractivity contribution in [1.82, 2.24) is 15.1 Å². The standard InChI is InChI=1S/C26H24FN3O/c27-24-13-8-20(9-14-24)10-15-26(31)28-18-23-4-1-2-5-25(23)22-11-6-21(7-12-22)19-30-17-3-16-29-30/h1-9,11-14,16-17H,10,15,18-19H2,(H,28,31). The van der Waals surface area contributed by atoms with Gasteiger partial charge in [-0.25, -0.2) is 4.39 Å².